The van der Waals surface area contributed by atoms with Crippen LogP contribution in [0.1, 0.15) is 25.7 Å². The van der Waals surface area contributed by atoms with Crippen molar-refractivity contribution in [3.63, 3.8) is 0 Å². The molecule has 36 heavy (non-hydrogen) atoms. The van der Waals surface area contributed by atoms with Gasteiger partial charge in [0.25, 0.3) is 0 Å². The first kappa shape index (κ1) is 45.2. The molecule has 10 heteroatoms. The van der Waals surface area contributed by atoms with Crippen LogP contribution in [-0.4, -0.2) is 171 Å². The van der Waals surface area contributed by atoms with Crippen LogP contribution in [0.2, 0.25) is 0 Å². The van der Waals surface area contributed by atoms with Crippen LogP contribution in [0.25, 0.3) is 0 Å². The van der Waals surface area contributed by atoms with Crippen molar-refractivity contribution in [3.8, 4) is 0 Å². The predicted molar refractivity (Wildman–Crippen MR) is 157 cm³/mol. The van der Waals surface area contributed by atoms with Crippen molar-refractivity contribution < 1.29 is 45.2 Å². The van der Waals surface area contributed by atoms with E-state index >= 15 is 0 Å². The van der Waals surface area contributed by atoms with E-state index in [1.54, 1.807) is 0 Å². The van der Waals surface area contributed by atoms with Crippen molar-refractivity contribution >= 4 is 67.2 Å². The summed E-state index contributed by atoms with van der Waals surface area (Å²) >= 11 is 0. The van der Waals surface area contributed by atoms with Crippen LogP contribution in [0.3, 0.4) is 0 Å². The summed E-state index contributed by atoms with van der Waals surface area (Å²) in [5.41, 5.74) is 0. The summed E-state index contributed by atoms with van der Waals surface area (Å²) in [5.74, 6) is 0. The zero-order valence-corrected chi connectivity index (χ0v) is 30.3. The van der Waals surface area contributed by atoms with Crippen molar-refractivity contribution in [1.29, 1.82) is 0 Å². The van der Waals surface area contributed by atoms with Crippen LogP contribution in [0.15, 0.2) is 24.3 Å². The van der Waals surface area contributed by atoms with Gasteiger partial charge >= 0.3 is 0 Å². The van der Waals surface area contributed by atoms with E-state index in [4.69, 9.17) is 28.4 Å². The summed E-state index contributed by atoms with van der Waals surface area (Å²) in [4.78, 5) is 0. The molecule has 0 atom stereocenters. The van der Waals surface area contributed by atoms with E-state index in [1.807, 2.05) is 0 Å². The molecule has 1 aliphatic carbocycles. The Morgan fingerprint density at radius 1 is 0.361 bits per heavy atom. The molecule has 1 saturated heterocycles. The summed E-state index contributed by atoms with van der Waals surface area (Å²) in [6.45, 7) is 20.4. The minimum atomic E-state index is 0. The first-order chi connectivity index (χ1) is 16.5. The van der Waals surface area contributed by atoms with Crippen LogP contribution in [0.5, 0.6) is 0 Å². The second kappa shape index (κ2) is 41.7. The van der Waals surface area contributed by atoms with Gasteiger partial charge in [-0.2, -0.15) is 0 Å². The Bertz CT molecular complexity index is 321. The molecule has 0 aromatic heterocycles. The fourth-order valence-electron chi connectivity index (χ4n) is 2.18. The van der Waals surface area contributed by atoms with Gasteiger partial charge in [0.05, 0.1) is 79.3 Å². The third kappa shape index (κ3) is 56.4. The summed E-state index contributed by atoms with van der Waals surface area (Å²) in [7, 11) is 0.759. The van der Waals surface area contributed by atoms with Crippen LogP contribution >= 0.6 is 15.8 Å². The molecule has 0 amide bonds. The summed E-state index contributed by atoms with van der Waals surface area (Å²) in [6.07, 6.45) is 14.0. The monoisotopic (exact) mass is 622 g/mol. The van der Waals surface area contributed by atoms with Gasteiger partial charge in [-0.05, 0) is 65.7 Å². The van der Waals surface area contributed by atoms with E-state index in [0.29, 0.717) is 95.1 Å². The van der Waals surface area contributed by atoms with Gasteiger partial charge in [0, 0.05) is 68.2 Å². The van der Waals surface area contributed by atoms with Gasteiger partial charge in [0.2, 0.25) is 0 Å². The third-order valence-electron chi connectivity index (χ3n) is 3.57. The van der Waals surface area contributed by atoms with Gasteiger partial charge in [-0.15, -0.1) is 15.8 Å². The molecule has 6 nitrogen and oxygen atoms in total. The molecule has 1 aliphatic heterocycles. The number of ether oxygens (including phenoxy) is 6. The second-order valence-corrected chi connectivity index (χ2v) is 13.8. The molecular formula is C26H54CoKO6P2. The molecule has 0 unspecified atom stereocenters. The maximum absolute atomic E-state index is 5.33. The van der Waals surface area contributed by atoms with Crippen LogP contribution in [0, 0.1) is 0 Å². The van der Waals surface area contributed by atoms with Crippen molar-refractivity contribution in [3.05, 3.63) is 24.3 Å². The molecule has 0 aromatic carbocycles. The molecule has 1 heterocycles. The van der Waals surface area contributed by atoms with E-state index in [-0.39, 0.29) is 68.2 Å². The summed E-state index contributed by atoms with van der Waals surface area (Å²) in [6, 6.07) is 0. The smallest absolute Gasteiger partial charge is 0.0701 e. The Kier molecular flexibility index (Phi) is 52.4. The zero-order valence-electron chi connectivity index (χ0n) is 24.3. The van der Waals surface area contributed by atoms with Crippen molar-refractivity contribution in [1.82, 2.24) is 0 Å². The van der Waals surface area contributed by atoms with Crippen molar-refractivity contribution in [2.75, 3.05) is 119 Å². The Morgan fingerprint density at radius 2 is 0.472 bits per heavy atom. The van der Waals surface area contributed by atoms with Gasteiger partial charge in [0.15, 0.2) is 0 Å². The van der Waals surface area contributed by atoms with E-state index < -0.39 is 0 Å². The minimum Gasteiger partial charge on any atom is -0.377 e. The Labute approximate surface area is 278 Å². The van der Waals surface area contributed by atoms with Crippen LogP contribution < -0.4 is 0 Å². The van der Waals surface area contributed by atoms with Crippen molar-refractivity contribution in [2.45, 2.75) is 25.7 Å². The topological polar surface area (TPSA) is 55.4 Å². The van der Waals surface area contributed by atoms with Crippen LogP contribution in [0.4, 0.5) is 0 Å². The number of hydrogen-bond acceptors (Lipinski definition) is 6. The zero-order chi connectivity index (χ0) is 25.5. The standard InChI is InChI=1S/C12H24O6.C8H12.2C3H9P.Co.K/c1-2-14-5-6-16-9-10-18-12-11-17-8-7-15-4-3-13-1;1-2-4-6-8-7-5-3-1;2*1-4(2)3;;/h1-12H2;1-2,7-8H,3-6H2;2*1-3H3;;/b;2-1-,8-7-;;;;. The maximum Gasteiger partial charge on any atom is 0.0701 e. The quantitative estimate of drug-likeness (QED) is 0.213. The molecule has 0 bridgehead atoms. The first-order valence-corrected chi connectivity index (χ1v) is 17.8. The fraction of sp³-hybridized carbons (Fsp3) is 0.846. The number of rotatable bonds is 0. The predicted octanol–water partition coefficient (Wildman–Crippen LogP) is 5.10. The molecule has 0 aromatic rings. The fourth-order valence-corrected chi connectivity index (χ4v) is 2.18. The molecular weight excluding hydrogens is 568 g/mol. The summed E-state index contributed by atoms with van der Waals surface area (Å²) < 4.78 is 32.0. The SMILES string of the molecule is C1=C\CC/C=C\CC/1.C1COCCOCCOCCOCCOCCO1.CP(C)C.CP(C)C.[Co].[K]. The Hall–Kier alpha value is 2.24. The minimum absolute atomic E-state index is 0. The normalized spacial score (nSPS) is 20.2. The molecule has 0 spiro atoms. The van der Waals surface area contributed by atoms with E-state index in [1.165, 1.54) is 25.7 Å². The average molecular weight is 623 g/mol. The number of allylic oxidation sites excluding steroid dienone is 4. The molecule has 0 saturated carbocycles. The largest absolute Gasteiger partial charge is 0.377 e. The van der Waals surface area contributed by atoms with Gasteiger partial charge < -0.3 is 28.4 Å². The Balaban J connectivity index is -0.000000236. The number of hydrogen-bond donors (Lipinski definition) is 0. The molecule has 1 fully saturated rings. The maximum atomic E-state index is 5.33. The van der Waals surface area contributed by atoms with Gasteiger partial charge in [0.1, 0.15) is 0 Å². The van der Waals surface area contributed by atoms with E-state index in [2.05, 4.69) is 64.3 Å². The van der Waals surface area contributed by atoms with Gasteiger partial charge in [-0.3, -0.25) is 0 Å². The molecule has 2 aliphatic rings. The van der Waals surface area contributed by atoms with E-state index in [0.717, 1.165) is 0 Å². The second-order valence-electron chi connectivity index (χ2n) is 8.46. The molecule has 214 valence electrons. The Morgan fingerprint density at radius 3 is 0.583 bits per heavy atom. The average Bonchev–Trinajstić information content (AvgIpc) is 2.73. The van der Waals surface area contributed by atoms with Gasteiger partial charge in [-0.25, -0.2) is 0 Å². The van der Waals surface area contributed by atoms with Crippen molar-refractivity contribution in [2.24, 2.45) is 0 Å². The molecule has 2 rings (SSSR count). The molecule has 2 radical (unpaired) electrons. The van der Waals surface area contributed by atoms with Crippen LogP contribution in [-0.2, 0) is 45.2 Å². The van der Waals surface area contributed by atoms with E-state index in [9.17, 15) is 0 Å². The first-order valence-electron chi connectivity index (χ1n) is 12.4. The van der Waals surface area contributed by atoms with Gasteiger partial charge in [-0.1, -0.05) is 24.3 Å². The molecule has 0 N–H and O–H groups in total. The summed E-state index contributed by atoms with van der Waals surface area (Å²) in [5, 5.41) is 0. The third-order valence-corrected chi connectivity index (χ3v) is 3.57.